The average molecular weight is 449 g/mol. The first kappa shape index (κ1) is 21.9. The Morgan fingerprint density at radius 2 is 1.69 bits per heavy atom. The van der Waals surface area contributed by atoms with E-state index >= 15 is 0 Å². The van der Waals surface area contributed by atoms with Crippen LogP contribution in [-0.4, -0.2) is 38.1 Å². The Morgan fingerprint density at radius 1 is 1.03 bits per heavy atom. The highest BCUT2D eigenvalue weighted by atomic mass is 32.1. The summed E-state index contributed by atoms with van der Waals surface area (Å²) in [5, 5.41) is 7.13. The van der Waals surface area contributed by atoms with Crippen LogP contribution >= 0.6 is 11.3 Å². The maximum atomic E-state index is 13.1. The molecule has 1 heterocycles. The fourth-order valence-electron chi connectivity index (χ4n) is 3.44. The molecule has 0 spiro atoms. The van der Waals surface area contributed by atoms with E-state index in [0.717, 1.165) is 50.8 Å². The molecule has 1 amide bonds. The first-order valence-corrected chi connectivity index (χ1v) is 11.2. The van der Waals surface area contributed by atoms with Crippen molar-refractivity contribution in [3.63, 3.8) is 0 Å². The number of fused-ring (bicyclic) bond motifs is 1. The van der Waals surface area contributed by atoms with Crippen molar-refractivity contribution in [1.29, 1.82) is 0 Å². The molecular weight excluding hydrogens is 423 g/mol. The van der Waals surface area contributed by atoms with E-state index in [4.69, 9.17) is 4.98 Å². The maximum Gasteiger partial charge on any atom is 0.255 e. The van der Waals surface area contributed by atoms with Crippen LogP contribution in [0.1, 0.15) is 15.9 Å². The number of benzene rings is 3. The van der Waals surface area contributed by atoms with Crippen LogP contribution in [0.3, 0.4) is 0 Å². The third-order valence-corrected chi connectivity index (χ3v) is 6.70. The van der Waals surface area contributed by atoms with Crippen LogP contribution in [0.4, 0.5) is 15.2 Å². The molecule has 0 bridgehead atoms. The molecule has 0 saturated heterocycles. The Labute approximate surface area is 190 Å². The molecule has 32 heavy (non-hydrogen) atoms. The summed E-state index contributed by atoms with van der Waals surface area (Å²) in [4.78, 5) is 19.7. The summed E-state index contributed by atoms with van der Waals surface area (Å²) in [6.07, 6.45) is 0. The zero-order chi connectivity index (χ0) is 22.7. The standard InChI is InChI=1S/C25H25FN4OS/c1-16-21(12-13-22-23(16)32-25(29-22)30(3)15-14-27-2)28-24(31)19-6-4-17(5-7-19)18-8-10-20(26)11-9-18/h4-13,27H,14-15H2,1-3H3,(H,28,31). The zero-order valence-electron chi connectivity index (χ0n) is 18.3. The van der Waals surface area contributed by atoms with Gasteiger partial charge in [-0.3, -0.25) is 4.79 Å². The average Bonchev–Trinajstić information content (AvgIpc) is 3.25. The van der Waals surface area contributed by atoms with E-state index in [1.165, 1.54) is 12.1 Å². The quantitative estimate of drug-likeness (QED) is 0.402. The molecule has 0 aliphatic rings. The van der Waals surface area contributed by atoms with Gasteiger partial charge in [-0.1, -0.05) is 35.6 Å². The lowest BCUT2D eigenvalue weighted by molar-refractivity contribution is 0.102. The molecule has 4 aromatic rings. The predicted molar refractivity (Wildman–Crippen MR) is 131 cm³/mol. The third kappa shape index (κ3) is 4.64. The highest BCUT2D eigenvalue weighted by molar-refractivity contribution is 7.22. The largest absolute Gasteiger partial charge is 0.350 e. The highest BCUT2D eigenvalue weighted by Gasteiger charge is 2.14. The molecule has 0 aliphatic heterocycles. The Bertz CT molecular complexity index is 1240. The number of amides is 1. The Morgan fingerprint density at radius 3 is 2.34 bits per heavy atom. The third-order valence-electron chi connectivity index (χ3n) is 5.39. The van der Waals surface area contributed by atoms with Crippen molar-refractivity contribution in [3.05, 3.63) is 77.6 Å². The number of rotatable bonds is 7. The van der Waals surface area contributed by atoms with Gasteiger partial charge in [-0.2, -0.15) is 0 Å². The van der Waals surface area contributed by atoms with Crippen molar-refractivity contribution in [3.8, 4) is 11.1 Å². The monoisotopic (exact) mass is 448 g/mol. The molecular formula is C25H25FN4OS. The van der Waals surface area contributed by atoms with Gasteiger partial charge in [0.05, 0.1) is 10.2 Å². The molecule has 3 aromatic carbocycles. The second-order valence-corrected chi connectivity index (χ2v) is 8.62. The molecule has 7 heteroatoms. The number of thiazole rings is 1. The second-order valence-electron chi connectivity index (χ2n) is 7.65. The van der Waals surface area contributed by atoms with E-state index in [0.29, 0.717) is 5.56 Å². The Hall–Kier alpha value is -3.29. The van der Waals surface area contributed by atoms with Crippen molar-refractivity contribution in [1.82, 2.24) is 10.3 Å². The highest BCUT2D eigenvalue weighted by Crippen LogP contribution is 2.34. The van der Waals surface area contributed by atoms with E-state index in [-0.39, 0.29) is 11.7 Å². The topological polar surface area (TPSA) is 57.3 Å². The lowest BCUT2D eigenvalue weighted by Crippen LogP contribution is -2.26. The van der Waals surface area contributed by atoms with Gasteiger partial charge in [0.15, 0.2) is 5.13 Å². The van der Waals surface area contributed by atoms with E-state index < -0.39 is 0 Å². The van der Waals surface area contributed by atoms with E-state index in [1.807, 2.05) is 45.3 Å². The number of nitrogens with one attached hydrogen (secondary N) is 2. The van der Waals surface area contributed by atoms with Gasteiger partial charge < -0.3 is 15.5 Å². The van der Waals surface area contributed by atoms with Gasteiger partial charge in [0.25, 0.3) is 5.91 Å². The fourth-order valence-corrected chi connectivity index (χ4v) is 4.49. The number of nitrogens with zero attached hydrogens (tertiary/aromatic N) is 2. The van der Waals surface area contributed by atoms with Gasteiger partial charge >= 0.3 is 0 Å². The second kappa shape index (κ2) is 9.46. The molecule has 1 aromatic heterocycles. The van der Waals surface area contributed by atoms with Crippen molar-refractivity contribution < 1.29 is 9.18 Å². The van der Waals surface area contributed by atoms with Gasteiger partial charge in [0, 0.05) is 31.4 Å². The summed E-state index contributed by atoms with van der Waals surface area (Å²) in [6, 6.07) is 17.5. The smallest absolute Gasteiger partial charge is 0.255 e. The number of hydrogen-bond donors (Lipinski definition) is 2. The molecule has 164 valence electrons. The van der Waals surface area contributed by atoms with Crippen molar-refractivity contribution in [2.24, 2.45) is 0 Å². The van der Waals surface area contributed by atoms with Gasteiger partial charge in [-0.25, -0.2) is 9.37 Å². The van der Waals surface area contributed by atoms with E-state index in [1.54, 1.807) is 35.6 Å². The number of hydrogen-bond acceptors (Lipinski definition) is 5. The number of likely N-dealkylation sites (N-methyl/N-ethyl adjacent to an activating group) is 2. The number of halogens is 1. The summed E-state index contributed by atoms with van der Waals surface area (Å²) in [7, 11) is 3.96. The summed E-state index contributed by atoms with van der Waals surface area (Å²) >= 11 is 1.63. The maximum absolute atomic E-state index is 13.1. The first-order chi connectivity index (χ1) is 15.5. The molecule has 0 fully saturated rings. The van der Waals surface area contributed by atoms with Crippen LogP contribution in [0.5, 0.6) is 0 Å². The Balaban J connectivity index is 1.51. The summed E-state index contributed by atoms with van der Waals surface area (Å²) in [6.45, 7) is 3.75. The molecule has 5 nitrogen and oxygen atoms in total. The minimum Gasteiger partial charge on any atom is -0.350 e. The first-order valence-electron chi connectivity index (χ1n) is 10.4. The van der Waals surface area contributed by atoms with Crippen molar-refractivity contribution >= 4 is 38.3 Å². The van der Waals surface area contributed by atoms with E-state index in [2.05, 4.69) is 15.5 Å². The van der Waals surface area contributed by atoms with Crippen LogP contribution < -0.4 is 15.5 Å². The molecule has 0 aliphatic carbocycles. The van der Waals surface area contributed by atoms with Crippen molar-refractivity contribution in [2.45, 2.75) is 6.92 Å². The zero-order valence-corrected chi connectivity index (χ0v) is 19.1. The number of aryl methyl sites for hydroxylation is 1. The normalized spacial score (nSPS) is 11.0. The van der Waals surface area contributed by atoms with Gasteiger partial charge in [0.2, 0.25) is 0 Å². The Kier molecular flexibility index (Phi) is 6.48. The predicted octanol–water partition coefficient (Wildman–Crippen LogP) is 5.32. The molecule has 0 unspecified atom stereocenters. The molecule has 0 atom stereocenters. The number of aromatic nitrogens is 1. The SMILES string of the molecule is CNCCN(C)c1nc2ccc(NC(=O)c3ccc(-c4ccc(F)cc4)cc3)c(C)c2s1. The molecule has 0 saturated carbocycles. The number of carbonyl (C=O) groups is 1. The van der Waals surface area contributed by atoms with E-state index in [9.17, 15) is 9.18 Å². The van der Waals surface area contributed by atoms with Gasteiger partial charge in [0.1, 0.15) is 5.82 Å². The minimum absolute atomic E-state index is 0.172. The van der Waals surface area contributed by atoms with Crippen molar-refractivity contribution in [2.75, 3.05) is 37.4 Å². The molecule has 2 N–H and O–H groups in total. The van der Waals surface area contributed by atoms with Crippen LogP contribution in [0.2, 0.25) is 0 Å². The van der Waals surface area contributed by atoms with Crippen LogP contribution in [0.25, 0.3) is 21.3 Å². The number of carbonyl (C=O) groups excluding carboxylic acids is 1. The molecule has 0 radical (unpaired) electrons. The van der Waals surface area contributed by atoms with Gasteiger partial charge in [-0.05, 0) is 67.1 Å². The lowest BCUT2D eigenvalue weighted by Gasteiger charge is -2.14. The van der Waals surface area contributed by atoms with Gasteiger partial charge in [-0.15, -0.1) is 0 Å². The number of anilines is 2. The van der Waals surface area contributed by atoms with Crippen LogP contribution in [0.15, 0.2) is 60.7 Å². The lowest BCUT2D eigenvalue weighted by atomic mass is 10.0. The van der Waals surface area contributed by atoms with Crippen LogP contribution in [-0.2, 0) is 0 Å². The fraction of sp³-hybridized carbons (Fsp3) is 0.200. The molecule has 4 rings (SSSR count). The summed E-state index contributed by atoms with van der Waals surface area (Å²) < 4.78 is 14.2. The summed E-state index contributed by atoms with van der Waals surface area (Å²) in [5.74, 6) is -0.441. The summed E-state index contributed by atoms with van der Waals surface area (Å²) in [5.41, 5.74) is 5.11. The minimum atomic E-state index is -0.269. The van der Waals surface area contributed by atoms with Crippen LogP contribution in [0, 0.1) is 12.7 Å².